The number of ether oxygens (including phenoxy) is 1. The van der Waals surface area contributed by atoms with Crippen molar-refractivity contribution in [1.82, 2.24) is 9.71 Å². The molecule has 2 aromatic carbocycles. The lowest BCUT2D eigenvalue weighted by molar-refractivity contribution is 0.417. The zero-order valence-electron chi connectivity index (χ0n) is 13.3. The first-order chi connectivity index (χ1) is 12.3. The Morgan fingerprint density at radius 3 is 2.54 bits per heavy atom. The van der Waals surface area contributed by atoms with E-state index in [0.29, 0.717) is 22.2 Å². The van der Waals surface area contributed by atoms with E-state index in [2.05, 4.69) is 9.71 Å². The van der Waals surface area contributed by atoms with Crippen molar-refractivity contribution in [3.05, 3.63) is 48.0 Å². The van der Waals surface area contributed by atoms with Crippen molar-refractivity contribution >= 4 is 33.2 Å². The first kappa shape index (κ1) is 17.7. The molecule has 3 rings (SSSR count). The molecule has 135 valence electrons. The topological polar surface area (TPSA) is 100 Å². The summed E-state index contributed by atoms with van der Waals surface area (Å²) in [6.45, 7) is 0. The lowest BCUT2D eigenvalue weighted by Crippen LogP contribution is -2.28. The number of rotatable bonds is 6. The summed E-state index contributed by atoms with van der Waals surface area (Å²) in [6.07, 6.45) is 1.07. The highest BCUT2D eigenvalue weighted by Gasteiger charge is 2.15. The summed E-state index contributed by atoms with van der Waals surface area (Å²) in [4.78, 5) is 13.2. The highest BCUT2D eigenvalue weighted by molar-refractivity contribution is 7.91. The fourth-order valence-electron chi connectivity index (χ4n) is 2.46. The molecule has 10 heteroatoms. The van der Waals surface area contributed by atoms with Crippen molar-refractivity contribution in [3.8, 4) is 17.0 Å². The Morgan fingerprint density at radius 1 is 1.12 bits per heavy atom. The number of nitrogens with one attached hydrogen (secondary N) is 3. The van der Waals surface area contributed by atoms with E-state index < -0.39 is 21.8 Å². The second kappa shape index (κ2) is 6.64. The quantitative estimate of drug-likeness (QED) is 0.572. The molecular weight excluding hydrogens is 368 g/mol. The van der Waals surface area contributed by atoms with E-state index in [1.165, 1.54) is 24.0 Å². The van der Waals surface area contributed by atoms with Gasteiger partial charge in [-0.05, 0) is 30.3 Å². The van der Waals surface area contributed by atoms with Crippen LogP contribution in [0.1, 0.15) is 0 Å². The molecule has 0 unspecified atom stereocenters. The number of H-pyrrole nitrogens is 1. The summed E-state index contributed by atoms with van der Waals surface area (Å²) in [6, 6.07) is 8.26. The van der Waals surface area contributed by atoms with Gasteiger partial charge in [-0.3, -0.25) is 9.52 Å². The monoisotopic (exact) mass is 380 g/mol. The number of carbonyl (C=O) groups excluding carboxylic acids is 1. The molecule has 0 aliphatic carbocycles. The first-order valence-corrected chi connectivity index (χ1v) is 8.64. The smallest absolute Gasteiger partial charge is 0.325 e. The lowest BCUT2D eigenvalue weighted by atomic mass is 10.1. The number of hydrogen-bond donors (Lipinski definition) is 3. The second-order valence-corrected chi connectivity index (χ2v) is 6.68. The zero-order chi connectivity index (χ0) is 18.9. The number of benzene rings is 2. The summed E-state index contributed by atoms with van der Waals surface area (Å²) in [5.41, 5.74) is 1.47. The summed E-state index contributed by atoms with van der Waals surface area (Å²) in [5.74, 6) is -1.74. The molecule has 7 nitrogen and oxygen atoms in total. The van der Waals surface area contributed by atoms with Crippen molar-refractivity contribution in [2.24, 2.45) is 0 Å². The van der Waals surface area contributed by atoms with Crippen LogP contribution in [0.5, 0.6) is 5.75 Å². The van der Waals surface area contributed by atoms with E-state index >= 15 is 0 Å². The van der Waals surface area contributed by atoms with Crippen molar-refractivity contribution < 1.29 is 26.7 Å². The Hall–Kier alpha value is -3.14. The Bertz CT molecular complexity index is 1060. The van der Waals surface area contributed by atoms with Gasteiger partial charge >= 0.3 is 16.6 Å². The van der Waals surface area contributed by atoms with Crippen LogP contribution < -0.4 is 14.2 Å². The van der Waals surface area contributed by atoms with Crippen LogP contribution in [0.3, 0.4) is 0 Å². The predicted molar refractivity (Wildman–Crippen MR) is 91.6 cm³/mol. The van der Waals surface area contributed by atoms with Gasteiger partial charge < -0.3 is 9.72 Å². The van der Waals surface area contributed by atoms with Crippen LogP contribution in [0, 0.1) is 11.6 Å². The fraction of sp³-hybridized carbons (Fsp3) is 0.0625. The third-order valence-corrected chi connectivity index (χ3v) is 4.43. The molecule has 0 spiro atoms. The van der Waals surface area contributed by atoms with Crippen LogP contribution in [0.4, 0.5) is 14.5 Å². The molecule has 3 aromatic rings. The van der Waals surface area contributed by atoms with Crippen LogP contribution in [-0.2, 0) is 15.0 Å². The zero-order valence-corrected chi connectivity index (χ0v) is 14.1. The third kappa shape index (κ3) is 3.45. The van der Waals surface area contributed by atoms with E-state index in [4.69, 9.17) is 4.74 Å². The van der Waals surface area contributed by atoms with Crippen molar-refractivity contribution in [2.75, 3.05) is 11.8 Å². The van der Waals surface area contributed by atoms with Gasteiger partial charge in [0.2, 0.25) is 0 Å². The Morgan fingerprint density at radius 2 is 1.85 bits per heavy atom. The minimum atomic E-state index is -4.17. The molecule has 1 amide bonds. The fourth-order valence-corrected chi connectivity index (χ4v) is 3.07. The van der Waals surface area contributed by atoms with Gasteiger partial charge in [0, 0.05) is 28.2 Å². The number of halogens is 2. The lowest BCUT2D eigenvalue weighted by Gasteiger charge is -2.12. The van der Waals surface area contributed by atoms with Gasteiger partial charge in [-0.2, -0.15) is 8.42 Å². The van der Waals surface area contributed by atoms with E-state index in [1.807, 2.05) is 0 Å². The van der Waals surface area contributed by atoms with E-state index in [0.717, 1.165) is 18.5 Å². The van der Waals surface area contributed by atoms with Crippen LogP contribution in [-0.4, -0.2) is 26.9 Å². The standard InChI is InChI=1S/C16H12F2N3O4S/c1-25-16-3-2-9(5-15(16)21-26(23,24)19-8-22)13-6-10-4-11(17)12(18)7-14(10)20-13/h2-7,20-21H,1H3,(H,19,22). The SMILES string of the molecule is COc1ccc(-c2cc3cc(F)c(F)cc3[nH]2)cc1NS(=O)(=O)N[C]=O. The molecule has 0 saturated carbocycles. The summed E-state index contributed by atoms with van der Waals surface area (Å²) in [5, 5.41) is 0.453. The summed E-state index contributed by atoms with van der Waals surface area (Å²) >= 11 is 0. The van der Waals surface area contributed by atoms with Crippen molar-refractivity contribution in [3.63, 3.8) is 0 Å². The molecule has 0 bridgehead atoms. The van der Waals surface area contributed by atoms with Crippen LogP contribution >= 0.6 is 0 Å². The van der Waals surface area contributed by atoms with Gasteiger partial charge in [0.25, 0.3) is 0 Å². The first-order valence-electron chi connectivity index (χ1n) is 7.16. The number of anilines is 1. The number of amides is 1. The molecule has 0 fully saturated rings. The van der Waals surface area contributed by atoms with E-state index in [9.17, 15) is 22.0 Å². The minimum Gasteiger partial charge on any atom is -0.495 e. The normalized spacial score (nSPS) is 11.3. The second-order valence-electron chi connectivity index (χ2n) is 5.26. The molecule has 0 atom stereocenters. The average molecular weight is 380 g/mol. The molecule has 1 heterocycles. The third-order valence-electron chi connectivity index (χ3n) is 3.59. The molecule has 1 radical (unpaired) electrons. The number of aromatic amines is 1. The average Bonchev–Trinajstić information content (AvgIpc) is 2.97. The Labute approximate surface area is 147 Å². The molecular formula is C16H12F2N3O4S. The molecule has 0 saturated heterocycles. The number of aromatic nitrogens is 1. The maximum Gasteiger partial charge on any atom is 0.325 e. The summed E-state index contributed by atoms with van der Waals surface area (Å²) in [7, 11) is -2.82. The molecule has 26 heavy (non-hydrogen) atoms. The van der Waals surface area contributed by atoms with Gasteiger partial charge in [0.15, 0.2) is 11.6 Å². The Kier molecular flexibility index (Phi) is 4.51. The van der Waals surface area contributed by atoms with Crippen molar-refractivity contribution in [1.29, 1.82) is 0 Å². The maximum atomic E-state index is 13.4. The van der Waals surface area contributed by atoms with Crippen LogP contribution in [0.15, 0.2) is 36.4 Å². The van der Waals surface area contributed by atoms with Gasteiger partial charge in [0.1, 0.15) is 5.75 Å². The number of fused-ring (bicyclic) bond motifs is 1. The molecule has 0 aliphatic rings. The van der Waals surface area contributed by atoms with Gasteiger partial charge in [0.05, 0.1) is 12.8 Å². The highest BCUT2D eigenvalue weighted by atomic mass is 32.2. The molecule has 1 aromatic heterocycles. The summed E-state index contributed by atoms with van der Waals surface area (Å²) < 4.78 is 58.9. The van der Waals surface area contributed by atoms with E-state index in [1.54, 1.807) is 12.1 Å². The van der Waals surface area contributed by atoms with E-state index in [-0.39, 0.29) is 11.4 Å². The number of methoxy groups -OCH3 is 1. The molecule has 0 aliphatic heterocycles. The Balaban J connectivity index is 2.06. The van der Waals surface area contributed by atoms with Crippen LogP contribution in [0.25, 0.3) is 22.2 Å². The molecule has 3 N–H and O–H groups in total. The minimum absolute atomic E-state index is 0.0590. The highest BCUT2D eigenvalue weighted by Crippen LogP contribution is 2.32. The van der Waals surface area contributed by atoms with Crippen molar-refractivity contribution in [2.45, 2.75) is 0 Å². The largest absolute Gasteiger partial charge is 0.495 e. The van der Waals surface area contributed by atoms with Crippen LogP contribution in [0.2, 0.25) is 0 Å². The number of hydrogen-bond acceptors (Lipinski definition) is 4. The van der Waals surface area contributed by atoms with Gasteiger partial charge in [-0.15, -0.1) is 0 Å². The van der Waals surface area contributed by atoms with Gasteiger partial charge in [-0.1, -0.05) is 0 Å². The maximum absolute atomic E-state index is 13.4. The van der Waals surface area contributed by atoms with Gasteiger partial charge in [-0.25, -0.2) is 13.5 Å². The predicted octanol–water partition coefficient (Wildman–Crippen LogP) is 2.44.